The molecule has 2 rings (SSSR count). The number of hydrogen-bond donors (Lipinski definition) is 1. The van der Waals surface area contributed by atoms with Crippen molar-refractivity contribution < 1.29 is 9.63 Å². The SMILES string of the molecule is Cc1ccccc1/C=N\OCC(=O)Nc1ccc(C(C)(C)C)cc1. The minimum absolute atomic E-state index is 0.0932. The van der Waals surface area contributed by atoms with Gasteiger partial charge in [0.1, 0.15) is 0 Å². The summed E-state index contributed by atoms with van der Waals surface area (Å²) in [5.74, 6) is -0.236. The molecule has 0 bridgehead atoms. The number of oxime groups is 1. The fourth-order valence-electron chi connectivity index (χ4n) is 2.17. The first-order valence-electron chi connectivity index (χ1n) is 7.97. The average molecular weight is 324 g/mol. The molecule has 0 aliphatic rings. The number of hydrogen-bond acceptors (Lipinski definition) is 3. The summed E-state index contributed by atoms with van der Waals surface area (Å²) in [4.78, 5) is 16.9. The highest BCUT2D eigenvalue weighted by molar-refractivity contribution is 5.91. The Hall–Kier alpha value is -2.62. The Morgan fingerprint density at radius 1 is 1.12 bits per heavy atom. The van der Waals surface area contributed by atoms with Crippen LogP contribution in [-0.4, -0.2) is 18.7 Å². The third-order valence-electron chi connectivity index (χ3n) is 3.69. The lowest BCUT2D eigenvalue weighted by atomic mass is 9.87. The number of anilines is 1. The lowest BCUT2D eigenvalue weighted by Crippen LogP contribution is -2.17. The molecule has 0 spiro atoms. The topological polar surface area (TPSA) is 50.7 Å². The second-order valence-corrected chi connectivity index (χ2v) is 6.74. The monoisotopic (exact) mass is 324 g/mol. The van der Waals surface area contributed by atoms with Crippen molar-refractivity contribution >= 4 is 17.8 Å². The molecule has 0 radical (unpaired) electrons. The molecule has 0 saturated heterocycles. The van der Waals surface area contributed by atoms with E-state index in [-0.39, 0.29) is 17.9 Å². The van der Waals surface area contributed by atoms with Gasteiger partial charge in [-0.15, -0.1) is 0 Å². The van der Waals surface area contributed by atoms with E-state index in [0.717, 1.165) is 16.8 Å². The lowest BCUT2D eigenvalue weighted by Gasteiger charge is -2.19. The summed E-state index contributed by atoms with van der Waals surface area (Å²) in [6.07, 6.45) is 1.61. The van der Waals surface area contributed by atoms with Gasteiger partial charge in [0.2, 0.25) is 0 Å². The Balaban J connectivity index is 1.82. The van der Waals surface area contributed by atoms with Crippen LogP contribution >= 0.6 is 0 Å². The molecule has 0 heterocycles. The molecule has 0 saturated carbocycles. The molecule has 0 aliphatic heterocycles. The number of aryl methyl sites for hydroxylation is 1. The maximum absolute atomic E-state index is 11.9. The third kappa shape index (κ3) is 5.23. The van der Waals surface area contributed by atoms with Gasteiger partial charge in [0, 0.05) is 5.69 Å². The van der Waals surface area contributed by atoms with Crippen LogP contribution < -0.4 is 5.32 Å². The van der Waals surface area contributed by atoms with Gasteiger partial charge >= 0.3 is 0 Å². The molecule has 0 aliphatic carbocycles. The summed E-state index contributed by atoms with van der Waals surface area (Å²) in [6, 6.07) is 15.7. The molecule has 126 valence electrons. The van der Waals surface area contributed by atoms with Gasteiger partial charge in [-0.3, -0.25) is 4.79 Å². The molecule has 4 heteroatoms. The zero-order valence-corrected chi connectivity index (χ0v) is 14.7. The van der Waals surface area contributed by atoms with Crippen LogP contribution in [0, 0.1) is 6.92 Å². The van der Waals surface area contributed by atoms with Crippen molar-refractivity contribution in [3.8, 4) is 0 Å². The maximum atomic E-state index is 11.9. The molecule has 2 aromatic rings. The number of carbonyl (C=O) groups is 1. The van der Waals surface area contributed by atoms with E-state index in [0.29, 0.717) is 0 Å². The zero-order chi connectivity index (χ0) is 17.6. The third-order valence-corrected chi connectivity index (χ3v) is 3.69. The highest BCUT2D eigenvalue weighted by Crippen LogP contribution is 2.23. The van der Waals surface area contributed by atoms with E-state index in [4.69, 9.17) is 4.84 Å². The van der Waals surface area contributed by atoms with Crippen LogP contribution in [0.25, 0.3) is 0 Å². The highest BCUT2D eigenvalue weighted by Gasteiger charge is 2.13. The number of benzene rings is 2. The van der Waals surface area contributed by atoms with Gasteiger partial charge in [-0.25, -0.2) is 0 Å². The maximum Gasteiger partial charge on any atom is 0.265 e. The Labute approximate surface area is 143 Å². The van der Waals surface area contributed by atoms with E-state index in [9.17, 15) is 4.79 Å². The normalized spacial score (nSPS) is 11.5. The molecule has 0 aromatic heterocycles. The van der Waals surface area contributed by atoms with Crippen LogP contribution in [0.5, 0.6) is 0 Å². The average Bonchev–Trinajstić information content (AvgIpc) is 2.53. The van der Waals surface area contributed by atoms with Crippen LogP contribution in [0.2, 0.25) is 0 Å². The molecule has 2 aromatic carbocycles. The van der Waals surface area contributed by atoms with Gasteiger partial charge in [0.25, 0.3) is 5.91 Å². The molecular weight excluding hydrogens is 300 g/mol. The van der Waals surface area contributed by atoms with Crippen molar-refractivity contribution in [2.75, 3.05) is 11.9 Å². The van der Waals surface area contributed by atoms with E-state index in [1.165, 1.54) is 5.56 Å². The standard InChI is InChI=1S/C20H24N2O2/c1-15-7-5-6-8-16(15)13-21-24-14-19(23)22-18-11-9-17(10-12-18)20(2,3)4/h5-13H,14H2,1-4H3,(H,22,23)/b21-13-. The molecule has 4 nitrogen and oxygen atoms in total. The van der Waals surface area contributed by atoms with Gasteiger partial charge in [-0.2, -0.15) is 0 Å². The largest absolute Gasteiger partial charge is 0.386 e. The second kappa shape index (κ2) is 7.77. The minimum atomic E-state index is -0.236. The van der Waals surface area contributed by atoms with E-state index in [1.54, 1.807) is 6.21 Å². The van der Waals surface area contributed by atoms with Gasteiger partial charge in [-0.1, -0.05) is 62.3 Å². The summed E-state index contributed by atoms with van der Waals surface area (Å²) in [7, 11) is 0. The molecule has 24 heavy (non-hydrogen) atoms. The zero-order valence-electron chi connectivity index (χ0n) is 14.7. The van der Waals surface area contributed by atoms with Crippen molar-refractivity contribution in [2.45, 2.75) is 33.1 Å². The Morgan fingerprint density at radius 2 is 1.79 bits per heavy atom. The molecule has 0 unspecified atom stereocenters. The van der Waals surface area contributed by atoms with Crippen molar-refractivity contribution in [3.05, 3.63) is 65.2 Å². The summed E-state index contributed by atoms with van der Waals surface area (Å²) < 4.78 is 0. The van der Waals surface area contributed by atoms with Gasteiger partial charge in [-0.05, 0) is 41.2 Å². The van der Waals surface area contributed by atoms with Crippen molar-refractivity contribution in [1.82, 2.24) is 0 Å². The first-order chi connectivity index (χ1) is 11.4. The lowest BCUT2D eigenvalue weighted by molar-refractivity contribution is -0.120. The molecule has 1 N–H and O–H groups in total. The number of nitrogens with one attached hydrogen (secondary N) is 1. The fraction of sp³-hybridized carbons (Fsp3) is 0.300. The number of amides is 1. The highest BCUT2D eigenvalue weighted by atomic mass is 16.6. The van der Waals surface area contributed by atoms with Crippen LogP contribution in [0.3, 0.4) is 0 Å². The molecule has 1 amide bonds. The predicted molar refractivity (Wildman–Crippen MR) is 98.5 cm³/mol. The fourth-order valence-corrected chi connectivity index (χ4v) is 2.17. The van der Waals surface area contributed by atoms with Gasteiger partial charge in [0.05, 0.1) is 6.21 Å². The second-order valence-electron chi connectivity index (χ2n) is 6.74. The summed E-state index contributed by atoms with van der Waals surface area (Å²) in [5, 5.41) is 6.64. The summed E-state index contributed by atoms with van der Waals surface area (Å²) in [6.45, 7) is 8.33. The smallest absolute Gasteiger partial charge is 0.265 e. The first kappa shape index (κ1) is 17.7. The Morgan fingerprint density at radius 3 is 2.42 bits per heavy atom. The van der Waals surface area contributed by atoms with Crippen LogP contribution in [0.15, 0.2) is 53.7 Å². The van der Waals surface area contributed by atoms with Crippen molar-refractivity contribution in [2.24, 2.45) is 5.16 Å². The Kier molecular flexibility index (Phi) is 5.74. The Bertz CT molecular complexity index is 713. The van der Waals surface area contributed by atoms with Gasteiger partial charge in [0.15, 0.2) is 6.61 Å². The van der Waals surface area contributed by atoms with Crippen molar-refractivity contribution in [1.29, 1.82) is 0 Å². The number of rotatable bonds is 5. The number of carbonyl (C=O) groups excluding carboxylic acids is 1. The summed E-state index contributed by atoms with van der Waals surface area (Å²) in [5.41, 5.74) is 4.14. The first-order valence-corrected chi connectivity index (χ1v) is 7.97. The quantitative estimate of drug-likeness (QED) is 0.659. The van der Waals surface area contributed by atoms with Crippen LogP contribution in [0.4, 0.5) is 5.69 Å². The van der Waals surface area contributed by atoms with Gasteiger partial charge < -0.3 is 10.2 Å². The van der Waals surface area contributed by atoms with E-state index >= 15 is 0 Å². The van der Waals surface area contributed by atoms with Crippen LogP contribution in [0.1, 0.15) is 37.5 Å². The van der Waals surface area contributed by atoms with E-state index in [1.807, 2.05) is 55.5 Å². The minimum Gasteiger partial charge on any atom is -0.386 e. The molecule has 0 fully saturated rings. The molecule has 0 atom stereocenters. The van der Waals surface area contributed by atoms with Crippen molar-refractivity contribution in [3.63, 3.8) is 0 Å². The van der Waals surface area contributed by atoms with Crippen LogP contribution in [-0.2, 0) is 15.0 Å². The summed E-state index contributed by atoms with van der Waals surface area (Å²) >= 11 is 0. The van der Waals surface area contributed by atoms with E-state index in [2.05, 4.69) is 31.2 Å². The predicted octanol–water partition coefficient (Wildman–Crippen LogP) is 4.28. The number of nitrogens with zero attached hydrogens (tertiary/aromatic N) is 1. The molecular formula is C20H24N2O2. The van der Waals surface area contributed by atoms with E-state index < -0.39 is 0 Å².